The maximum absolute atomic E-state index is 12.7. The van der Waals surface area contributed by atoms with Crippen LogP contribution in [0.25, 0.3) is 0 Å². The van der Waals surface area contributed by atoms with Crippen molar-refractivity contribution in [3.63, 3.8) is 0 Å². The van der Waals surface area contributed by atoms with Gasteiger partial charge in [-0.3, -0.25) is 4.79 Å². The number of hydrogen-bond donors (Lipinski definition) is 0. The summed E-state index contributed by atoms with van der Waals surface area (Å²) in [5.74, 6) is -0.124. The minimum atomic E-state index is -0.463. The molecule has 0 radical (unpaired) electrons. The van der Waals surface area contributed by atoms with Crippen LogP contribution in [0.5, 0.6) is 0 Å². The second-order valence-corrected chi connectivity index (χ2v) is 6.41. The smallest absolute Gasteiger partial charge is 0.335 e. The first-order valence-electron chi connectivity index (χ1n) is 8.27. The number of carbonyl (C=O) groups excluding carboxylic acids is 2. The van der Waals surface area contributed by atoms with Gasteiger partial charge in [0.1, 0.15) is 5.78 Å². The molecular formula is C21H18O3. The molecule has 2 atom stereocenters. The van der Waals surface area contributed by atoms with E-state index in [-0.39, 0.29) is 17.7 Å². The number of benzene rings is 2. The molecule has 2 aromatic rings. The third-order valence-electron chi connectivity index (χ3n) is 4.92. The van der Waals surface area contributed by atoms with Crippen molar-refractivity contribution in [1.82, 2.24) is 0 Å². The highest BCUT2D eigenvalue weighted by molar-refractivity contribution is 6.02. The van der Waals surface area contributed by atoms with Gasteiger partial charge in [-0.2, -0.15) is 0 Å². The molecule has 0 bridgehead atoms. The first-order valence-corrected chi connectivity index (χ1v) is 8.27. The number of ether oxygens (including phenoxy) is 1. The average Bonchev–Trinajstić information content (AvgIpc) is 2.98. The molecule has 0 heterocycles. The minimum Gasteiger partial charge on any atom is -0.449 e. The van der Waals surface area contributed by atoms with E-state index in [0.29, 0.717) is 17.9 Å². The first-order chi connectivity index (χ1) is 11.7. The normalized spacial score (nSPS) is 21.9. The molecular weight excluding hydrogens is 300 g/mol. The number of Topliss-reactive ketones (excluding diaryl/α,β-unsaturated/α-hetero) is 1. The zero-order chi connectivity index (χ0) is 16.5. The van der Waals surface area contributed by atoms with E-state index in [2.05, 4.69) is 0 Å². The molecule has 0 aromatic heterocycles. The van der Waals surface area contributed by atoms with E-state index in [1.807, 2.05) is 66.7 Å². The summed E-state index contributed by atoms with van der Waals surface area (Å²) in [7, 11) is 0. The molecule has 24 heavy (non-hydrogen) atoms. The Morgan fingerprint density at radius 3 is 2.08 bits per heavy atom. The van der Waals surface area contributed by atoms with Crippen molar-refractivity contribution in [2.75, 3.05) is 0 Å². The Labute approximate surface area is 141 Å². The van der Waals surface area contributed by atoms with Crippen LogP contribution < -0.4 is 0 Å². The lowest BCUT2D eigenvalue weighted by Gasteiger charge is -2.30. The highest BCUT2D eigenvalue weighted by atomic mass is 16.5. The average molecular weight is 318 g/mol. The molecule has 2 aliphatic carbocycles. The van der Waals surface area contributed by atoms with Gasteiger partial charge < -0.3 is 4.74 Å². The van der Waals surface area contributed by atoms with Crippen molar-refractivity contribution in [3.8, 4) is 0 Å². The number of ketones is 1. The van der Waals surface area contributed by atoms with Crippen LogP contribution in [-0.4, -0.2) is 11.8 Å². The molecule has 0 saturated heterocycles. The van der Waals surface area contributed by atoms with Crippen LogP contribution in [0.3, 0.4) is 0 Å². The maximum Gasteiger partial charge on any atom is 0.335 e. The van der Waals surface area contributed by atoms with Crippen molar-refractivity contribution >= 4 is 11.8 Å². The van der Waals surface area contributed by atoms with Crippen LogP contribution in [0.4, 0.5) is 0 Å². The van der Waals surface area contributed by atoms with Gasteiger partial charge in [0.2, 0.25) is 0 Å². The summed E-state index contributed by atoms with van der Waals surface area (Å²) in [6.45, 7) is 0. The lowest BCUT2D eigenvalue weighted by Crippen LogP contribution is -2.37. The van der Waals surface area contributed by atoms with Crippen molar-refractivity contribution in [2.45, 2.75) is 18.9 Å². The SMILES string of the molecule is O=C(OC(c1ccccc1)c1ccccc1)C1=CCC2CC(=O)C12. The van der Waals surface area contributed by atoms with Gasteiger partial charge in [-0.1, -0.05) is 66.7 Å². The molecule has 2 aliphatic rings. The molecule has 4 rings (SSSR count). The Morgan fingerprint density at radius 2 is 1.54 bits per heavy atom. The summed E-state index contributed by atoms with van der Waals surface area (Å²) in [5, 5.41) is 0. The van der Waals surface area contributed by atoms with Crippen molar-refractivity contribution in [3.05, 3.63) is 83.4 Å². The monoisotopic (exact) mass is 318 g/mol. The lowest BCUT2D eigenvalue weighted by atomic mass is 9.72. The molecule has 0 aliphatic heterocycles. The second kappa shape index (κ2) is 6.08. The highest BCUT2D eigenvalue weighted by Crippen LogP contribution is 2.45. The van der Waals surface area contributed by atoms with Crippen LogP contribution in [0, 0.1) is 11.8 Å². The molecule has 0 spiro atoms. The van der Waals surface area contributed by atoms with E-state index in [4.69, 9.17) is 4.74 Å². The van der Waals surface area contributed by atoms with Crippen LogP contribution in [0.2, 0.25) is 0 Å². The van der Waals surface area contributed by atoms with E-state index >= 15 is 0 Å². The number of rotatable bonds is 4. The molecule has 2 unspecified atom stereocenters. The number of fused-ring (bicyclic) bond motifs is 1. The summed E-state index contributed by atoms with van der Waals surface area (Å²) in [6, 6.07) is 19.4. The molecule has 0 amide bonds. The van der Waals surface area contributed by atoms with Crippen LogP contribution in [-0.2, 0) is 14.3 Å². The topological polar surface area (TPSA) is 43.4 Å². The Kier molecular flexibility index (Phi) is 3.77. The summed E-state index contributed by atoms with van der Waals surface area (Å²) < 4.78 is 5.85. The van der Waals surface area contributed by atoms with Gasteiger partial charge in [-0.15, -0.1) is 0 Å². The molecule has 120 valence electrons. The summed E-state index contributed by atoms with van der Waals surface area (Å²) in [5.41, 5.74) is 2.40. The van der Waals surface area contributed by atoms with Gasteiger partial charge >= 0.3 is 5.97 Å². The van der Waals surface area contributed by atoms with Crippen molar-refractivity contribution in [2.24, 2.45) is 11.8 Å². The Morgan fingerprint density at radius 1 is 0.958 bits per heavy atom. The van der Waals surface area contributed by atoms with Gasteiger partial charge in [0.15, 0.2) is 6.10 Å². The third-order valence-corrected chi connectivity index (χ3v) is 4.92. The standard InChI is InChI=1S/C21H18O3/c22-18-13-16-11-12-17(19(16)18)21(23)24-20(14-7-3-1-4-8-14)15-9-5-2-6-10-15/h1-10,12,16,19-20H,11,13H2. The van der Waals surface area contributed by atoms with Gasteiger partial charge in [0, 0.05) is 12.0 Å². The van der Waals surface area contributed by atoms with E-state index < -0.39 is 6.10 Å². The Balaban J connectivity index is 1.61. The Bertz CT molecular complexity index is 753. The van der Waals surface area contributed by atoms with Crippen LogP contribution in [0.15, 0.2) is 72.3 Å². The summed E-state index contributed by atoms with van der Waals surface area (Å²) >= 11 is 0. The van der Waals surface area contributed by atoms with Gasteiger partial charge in [0.05, 0.1) is 5.92 Å². The molecule has 1 saturated carbocycles. The zero-order valence-corrected chi connectivity index (χ0v) is 13.2. The van der Waals surface area contributed by atoms with Crippen molar-refractivity contribution < 1.29 is 14.3 Å². The maximum atomic E-state index is 12.7. The first kappa shape index (κ1) is 14.9. The predicted octanol–water partition coefficient (Wildman–Crippen LogP) is 3.85. The van der Waals surface area contributed by atoms with Gasteiger partial charge in [0.25, 0.3) is 0 Å². The fourth-order valence-corrected chi connectivity index (χ4v) is 3.63. The zero-order valence-electron chi connectivity index (χ0n) is 13.2. The number of hydrogen-bond acceptors (Lipinski definition) is 3. The molecule has 3 heteroatoms. The van der Waals surface area contributed by atoms with Gasteiger partial charge in [-0.25, -0.2) is 4.79 Å². The molecule has 2 aromatic carbocycles. The largest absolute Gasteiger partial charge is 0.449 e. The Hall–Kier alpha value is -2.68. The number of allylic oxidation sites excluding steroid dienone is 1. The summed E-state index contributed by atoms with van der Waals surface area (Å²) in [4.78, 5) is 24.5. The van der Waals surface area contributed by atoms with Crippen molar-refractivity contribution in [1.29, 1.82) is 0 Å². The second-order valence-electron chi connectivity index (χ2n) is 6.41. The fourth-order valence-electron chi connectivity index (χ4n) is 3.63. The molecule has 1 fully saturated rings. The fraction of sp³-hybridized carbons (Fsp3) is 0.238. The lowest BCUT2D eigenvalue weighted by molar-refractivity contribution is -0.146. The third kappa shape index (κ3) is 2.56. The summed E-state index contributed by atoms with van der Waals surface area (Å²) in [6.07, 6.45) is 2.83. The van der Waals surface area contributed by atoms with E-state index in [0.717, 1.165) is 17.5 Å². The van der Waals surface area contributed by atoms with Crippen LogP contribution in [0.1, 0.15) is 30.1 Å². The number of carbonyl (C=O) groups is 2. The predicted molar refractivity (Wildman–Crippen MR) is 90.1 cm³/mol. The van der Waals surface area contributed by atoms with Gasteiger partial charge in [-0.05, 0) is 23.5 Å². The van der Waals surface area contributed by atoms with E-state index in [1.54, 1.807) is 0 Å². The molecule has 0 N–H and O–H groups in total. The quantitative estimate of drug-likeness (QED) is 0.804. The highest BCUT2D eigenvalue weighted by Gasteiger charge is 2.47. The molecule has 3 nitrogen and oxygen atoms in total. The van der Waals surface area contributed by atoms with E-state index in [9.17, 15) is 9.59 Å². The minimum absolute atomic E-state index is 0.164. The van der Waals surface area contributed by atoms with Crippen LogP contribution >= 0.6 is 0 Å². The number of esters is 1. The van der Waals surface area contributed by atoms with E-state index in [1.165, 1.54) is 0 Å².